The molecule has 3 aromatic rings. The van der Waals surface area contributed by atoms with Crippen molar-refractivity contribution >= 4 is 32.0 Å². The summed E-state index contributed by atoms with van der Waals surface area (Å²) in [6.07, 6.45) is 0. The molecule has 0 aliphatic carbocycles. The first-order chi connectivity index (χ1) is 14.7. The zero-order chi connectivity index (χ0) is 23.9. The van der Waals surface area contributed by atoms with Crippen molar-refractivity contribution in [1.82, 2.24) is 0 Å². The Balaban J connectivity index is 2.17. The third kappa shape index (κ3) is 5.60. The summed E-state index contributed by atoms with van der Waals surface area (Å²) >= 11 is 0.767. The molecule has 0 amide bonds. The summed E-state index contributed by atoms with van der Waals surface area (Å²) < 4.78 is 65.8. The highest BCUT2D eigenvalue weighted by Gasteiger charge is 2.22. The second-order valence-corrected chi connectivity index (χ2v) is 12.6. The summed E-state index contributed by atoms with van der Waals surface area (Å²) in [5, 5.41) is 0. The summed E-state index contributed by atoms with van der Waals surface area (Å²) in [4.78, 5) is 1.08. The molecule has 0 radical (unpaired) electrons. The second-order valence-electron chi connectivity index (χ2n) is 8.51. The average molecular weight is 494 g/mol. The third-order valence-corrected chi connectivity index (χ3v) is 7.93. The Morgan fingerprint density at radius 1 is 0.719 bits per heavy atom. The van der Waals surface area contributed by atoms with Crippen molar-refractivity contribution in [3.05, 3.63) is 71.8 Å². The van der Waals surface area contributed by atoms with Crippen LogP contribution >= 0.6 is 0 Å². The SMILES string of the molecule is Cc1ccc(S(=O)(=O)O)cc1-c1cc(S(=O)(=O)O)ccc1[SH+]c1ccc(C(C)(C)C)cc1. The van der Waals surface area contributed by atoms with Gasteiger partial charge in [-0.15, -0.1) is 0 Å². The van der Waals surface area contributed by atoms with Crippen LogP contribution in [0.3, 0.4) is 0 Å². The highest BCUT2D eigenvalue weighted by molar-refractivity contribution is 7.86. The lowest BCUT2D eigenvalue weighted by atomic mass is 9.87. The Morgan fingerprint density at radius 3 is 1.72 bits per heavy atom. The second kappa shape index (κ2) is 8.64. The Kier molecular flexibility index (Phi) is 6.61. The van der Waals surface area contributed by atoms with Crippen molar-refractivity contribution in [1.29, 1.82) is 0 Å². The van der Waals surface area contributed by atoms with E-state index in [9.17, 15) is 25.9 Å². The van der Waals surface area contributed by atoms with Gasteiger partial charge in [-0.25, -0.2) is 0 Å². The van der Waals surface area contributed by atoms with E-state index in [1.807, 2.05) is 24.3 Å². The van der Waals surface area contributed by atoms with E-state index in [0.29, 0.717) is 16.7 Å². The van der Waals surface area contributed by atoms with Crippen LogP contribution in [0.15, 0.2) is 80.2 Å². The Bertz CT molecular complexity index is 1370. The zero-order valence-electron chi connectivity index (χ0n) is 18.1. The summed E-state index contributed by atoms with van der Waals surface area (Å²) in [5.41, 5.74) is 2.76. The molecular formula is C23H25O6S3+. The van der Waals surface area contributed by atoms with Crippen LogP contribution in [-0.2, 0) is 37.4 Å². The fourth-order valence-electron chi connectivity index (χ4n) is 3.22. The predicted octanol–water partition coefficient (Wildman–Crippen LogP) is 4.69. The van der Waals surface area contributed by atoms with Crippen molar-refractivity contribution < 1.29 is 25.9 Å². The fourth-order valence-corrected chi connectivity index (χ4v) is 5.26. The van der Waals surface area contributed by atoms with Crippen molar-refractivity contribution in [3.8, 4) is 11.1 Å². The summed E-state index contributed by atoms with van der Waals surface area (Å²) in [6.45, 7) is 8.12. The van der Waals surface area contributed by atoms with Gasteiger partial charge in [-0.2, -0.15) is 16.8 Å². The van der Waals surface area contributed by atoms with Gasteiger partial charge in [0.15, 0.2) is 9.79 Å². The molecule has 0 aliphatic rings. The minimum atomic E-state index is -4.47. The molecular weight excluding hydrogens is 468 g/mol. The van der Waals surface area contributed by atoms with Crippen LogP contribution < -0.4 is 0 Å². The van der Waals surface area contributed by atoms with E-state index in [-0.39, 0.29) is 15.2 Å². The average Bonchev–Trinajstić information content (AvgIpc) is 2.67. The van der Waals surface area contributed by atoms with Gasteiger partial charge in [-0.3, -0.25) is 9.11 Å². The van der Waals surface area contributed by atoms with Crippen LogP contribution in [0, 0.1) is 6.92 Å². The van der Waals surface area contributed by atoms with E-state index in [4.69, 9.17) is 0 Å². The molecule has 0 unspecified atom stereocenters. The maximum Gasteiger partial charge on any atom is 0.294 e. The van der Waals surface area contributed by atoms with E-state index < -0.39 is 20.2 Å². The van der Waals surface area contributed by atoms with Gasteiger partial charge < -0.3 is 0 Å². The topological polar surface area (TPSA) is 109 Å². The number of rotatable bonds is 5. The molecule has 0 saturated heterocycles. The van der Waals surface area contributed by atoms with Crippen LogP contribution in [0.5, 0.6) is 0 Å². The van der Waals surface area contributed by atoms with Crippen LogP contribution in [0.1, 0.15) is 31.9 Å². The molecule has 0 fully saturated rings. The summed E-state index contributed by atoms with van der Waals surface area (Å²) in [7, 11) is -8.92. The highest BCUT2D eigenvalue weighted by atomic mass is 32.2. The van der Waals surface area contributed by atoms with Crippen LogP contribution in [0.25, 0.3) is 11.1 Å². The molecule has 3 aromatic carbocycles. The van der Waals surface area contributed by atoms with Crippen molar-refractivity contribution in [3.63, 3.8) is 0 Å². The van der Waals surface area contributed by atoms with Gasteiger partial charge in [0.1, 0.15) is 0 Å². The lowest BCUT2D eigenvalue weighted by molar-refractivity contribution is 0.480. The Morgan fingerprint density at radius 2 is 1.22 bits per heavy atom. The number of hydrogen-bond acceptors (Lipinski definition) is 4. The maximum absolute atomic E-state index is 11.7. The molecule has 0 aromatic heterocycles. The van der Waals surface area contributed by atoms with Crippen LogP contribution in [0.4, 0.5) is 0 Å². The normalized spacial score (nSPS) is 12.7. The summed E-state index contributed by atoms with van der Waals surface area (Å²) in [5.74, 6) is 0. The molecule has 0 aliphatic heterocycles. The van der Waals surface area contributed by atoms with Gasteiger partial charge in [0.05, 0.1) is 9.79 Å². The monoisotopic (exact) mass is 493 g/mol. The standard InChI is InChI=1S/C23H24O6S3/c1-15-5-10-18(31(24,25)26)13-20(15)21-14-19(32(27,28)29)11-12-22(21)30-17-8-6-16(7-9-17)23(2,3)4/h5-14H,1-4H3,(H,24,25,26)(H,27,28,29)/p+1. The largest absolute Gasteiger partial charge is 0.294 e. The van der Waals surface area contributed by atoms with Gasteiger partial charge in [0.25, 0.3) is 20.2 Å². The number of benzene rings is 3. The van der Waals surface area contributed by atoms with Gasteiger partial charge in [-0.1, -0.05) is 39.0 Å². The van der Waals surface area contributed by atoms with Crippen LogP contribution in [0.2, 0.25) is 0 Å². The van der Waals surface area contributed by atoms with E-state index in [1.54, 1.807) is 13.0 Å². The lowest BCUT2D eigenvalue weighted by Crippen LogP contribution is -2.10. The fraction of sp³-hybridized carbons (Fsp3) is 0.217. The Hall–Kier alpha value is -2.17. The number of aryl methyl sites for hydroxylation is 1. The summed E-state index contributed by atoms with van der Waals surface area (Å²) in [6, 6.07) is 16.4. The molecule has 0 bridgehead atoms. The molecule has 0 saturated carbocycles. The molecule has 2 N–H and O–H groups in total. The predicted molar refractivity (Wildman–Crippen MR) is 127 cm³/mol. The van der Waals surface area contributed by atoms with Crippen molar-refractivity contribution in [2.45, 2.75) is 52.7 Å². The zero-order valence-corrected chi connectivity index (χ0v) is 20.6. The van der Waals surface area contributed by atoms with Crippen LogP contribution in [-0.4, -0.2) is 25.9 Å². The molecule has 170 valence electrons. The molecule has 3 rings (SSSR count). The molecule has 0 atom stereocenters. The quantitative estimate of drug-likeness (QED) is 0.303. The van der Waals surface area contributed by atoms with E-state index in [0.717, 1.165) is 21.6 Å². The van der Waals surface area contributed by atoms with Gasteiger partial charge in [0.2, 0.25) is 0 Å². The molecule has 0 spiro atoms. The smallest absolute Gasteiger partial charge is 0.282 e. The highest BCUT2D eigenvalue weighted by Crippen LogP contribution is 2.34. The molecule has 32 heavy (non-hydrogen) atoms. The molecule has 0 heterocycles. The minimum Gasteiger partial charge on any atom is -0.282 e. The van der Waals surface area contributed by atoms with Crippen molar-refractivity contribution in [2.75, 3.05) is 0 Å². The number of thiol groups is 1. The first-order valence-corrected chi connectivity index (χ1v) is 13.5. The van der Waals surface area contributed by atoms with Crippen molar-refractivity contribution in [2.24, 2.45) is 0 Å². The first-order valence-electron chi connectivity index (χ1n) is 9.68. The molecule has 6 nitrogen and oxygen atoms in total. The third-order valence-electron chi connectivity index (χ3n) is 5.05. The van der Waals surface area contributed by atoms with Gasteiger partial charge in [-0.05, 0) is 71.5 Å². The molecule has 9 heteroatoms. The first kappa shape index (κ1) is 24.5. The minimum absolute atomic E-state index is 0.00501. The Labute approximate surface area is 193 Å². The van der Waals surface area contributed by atoms with E-state index >= 15 is 0 Å². The van der Waals surface area contributed by atoms with Gasteiger partial charge >= 0.3 is 0 Å². The maximum atomic E-state index is 11.7. The number of hydrogen-bond donors (Lipinski definition) is 2. The van der Waals surface area contributed by atoms with Gasteiger partial charge in [0, 0.05) is 17.3 Å². The van der Waals surface area contributed by atoms with E-state index in [2.05, 4.69) is 20.8 Å². The van der Waals surface area contributed by atoms with E-state index in [1.165, 1.54) is 35.9 Å². The lowest BCUT2D eigenvalue weighted by Gasteiger charge is -2.18.